The van der Waals surface area contributed by atoms with Crippen LogP contribution >= 0.6 is 7.82 Å². The van der Waals surface area contributed by atoms with Crippen molar-refractivity contribution < 1.29 is 38.6 Å². The van der Waals surface area contributed by atoms with Gasteiger partial charge in [0.1, 0.15) is 24.1 Å². The molecule has 1 aromatic rings. The summed E-state index contributed by atoms with van der Waals surface area (Å²) in [4.78, 5) is 35.7. The molecule has 0 bridgehead atoms. The Labute approximate surface area is 123 Å². The van der Waals surface area contributed by atoms with E-state index in [0.29, 0.717) is 0 Å². The molecule has 22 heavy (non-hydrogen) atoms. The molecule has 124 valence electrons. The van der Waals surface area contributed by atoms with Gasteiger partial charge in [0, 0.05) is 6.20 Å². The van der Waals surface area contributed by atoms with Crippen molar-refractivity contribution in [2.75, 3.05) is 12.3 Å². The van der Waals surface area contributed by atoms with Crippen LogP contribution in [0.2, 0.25) is 0 Å². The molecule has 2 heterocycles. The third-order valence-corrected chi connectivity index (χ3v) is 3.38. The van der Waals surface area contributed by atoms with Crippen molar-refractivity contribution in [2.45, 2.75) is 24.5 Å². The number of aromatic amines is 1. The molecule has 1 saturated heterocycles. The number of nitrogen functional groups attached to an aromatic ring is 1. The molecule has 4 atom stereocenters. The highest BCUT2D eigenvalue weighted by molar-refractivity contribution is 7.46. The largest absolute Gasteiger partial charge is 0.470 e. The molecule has 0 spiro atoms. The number of hydrogen-bond donors (Lipinski definition) is 7. The summed E-state index contributed by atoms with van der Waals surface area (Å²) in [5, 5.41) is 21.1. The number of ether oxygens (including phenoxy) is 1. The summed E-state index contributed by atoms with van der Waals surface area (Å²) in [6.07, 6.45) is -4.44. The third-order valence-electron chi connectivity index (χ3n) is 2.86. The highest BCUT2D eigenvalue weighted by Crippen LogP contribution is 2.41. The second-order valence-corrected chi connectivity index (χ2v) is 5.67. The summed E-state index contributed by atoms with van der Waals surface area (Å²) >= 11 is 0. The Kier molecular flexibility index (Phi) is 4.82. The van der Waals surface area contributed by atoms with Crippen molar-refractivity contribution in [1.29, 1.82) is 0 Å². The van der Waals surface area contributed by atoms with Crippen molar-refractivity contribution in [1.82, 2.24) is 15.3 Å². The minimum atomic E-state index is -4.95. The smallest absolute Gasteiger partial charge is 0.394 e. The number of H-pyrrole nitrogens is 1. The number of aliphatic hydroxyl groups is 2. The van der Waals surface area contributed by atoms with E-state index in [0.717, 1.165) is 0 Å². The van der Waals surface area contributed by atoms with Crippen LogP contribution in [0.15, 0.2) is 6.20 Å². The minimum absolute atomic E-state index is 0.0637. The molecule has 12 nitrogen and oxygen atoms in total. The Morgan fingerprint density at radius 1 is 1.59 bits per heavy atom. The quantitative estimate of drug-likeness (QED) is 0.276. The maximum Gasteiger partial charge on any atom is 0.470 e. The van der Waals surface area contributed by atoms with Crippen LogP contribution in [0, 0.1) is 0 Å². The molecule has 0 saturated carbocycles. The van der Waals surface area contributed by atoms with E-state index in [1.807, 2.05) is 0 Å². The predicted molar refractivity (Wildman–Crippen MR) is 69.1 cm³/mol. The number of nitrogens with zero attached hydrogens (tertiary/aromatic N) is 1. The first-order valence-electron chi connectivity index (χ1n) is 6.01. The third kappa shape index (κ3) is 3.81. The highest BCUT2D eigenvalue weighted by Gasteiger charge is 2.48. The van der Waals surface area contributed by atoms with Gasteiger partial charge in [-0.15, -0.1) is 0 Å². The molecule has 0 aromatic carbocycles. The first kappa shape index (κ1) is 16.8. The van der Waals surface area contributed by atoms with E-state index in [4.69, 9.17) is 25.4 Å². The van der Waals surface area contributed by atoms with E-state index in [-0.39, 0.29) is 11.6 Å². The maximum atomic E-state index is 11.9. The molecule has 13 heteroatoms. The summed E-state index contributed by atoms with van der Waals surface area (Å²) in [7, 11) is -4.95. The number of aromatic nitrogens is 2. The molecule has 1 aliphatic heterocycles. The lowest BCUT2D eigenvalue weighted by molar-refractivity contribution is -0.0304. The molecular weight excluding hydrogens is 323 g/mol. The van der Waals surface area contributed by atoms with Gasteiger partial charge in [-0.05, 0) is 0 Å². The number of carbonyl (C=O) groups excluding carboxylic acids is 1. The van der Waals surface area contributed by atoms with Crippen LogP contribution in [0.5, 0.6) is 0 Å². The molecule has 8 N–H and O–H groups in total. The number of phosphoric acid groups is 1. The SMILES string of the molecule is Nc1c[nH]c(C(=O)NC2O[C@H](CO)[C@@H](O)[C@H]2OP(=O)(O)O)n1. The van der Waals surface area contributed by atoms with Gasteiger partial charge < -0.3 is 40.8 Å². The molecule has 1 aliphatic rings. The van der Waals surface area contributed by atoms with Gasteiger partial charge in [-0.2, -0.15) is 0 Å². The standard InChI is InChI=1S/C9H15N4O8P/c10-4-1-11-7(12-4)8(16)13-9-6(21-22(17,18)19)5(15)3(2-14)20-9/h1,3,5-6,9,14-15H,2,10H2,(H,11,12)(H,13,16)(H2,17,18,19)/t3-,5-,6-,9?/m1/s1. The lowest BCUT2D eigenvalue weighted by Crippen LogP contribution is -2.45. The van der Waals surface area contributed by atoms with E-state index in [2.05, 4.69) is 19.8 Å². The Bertz CT molecular complexity index is 588. The van der Waals surface area contributed by atoms with E-state index < -0.39 is 44.9 Å². The highest BCUT2D eigenvalue weighted by atomic mass is 31.2. The number of aliphatic hydroxyl groups excluding tert-OH is 2. The minimum Gasteiger partial charge on any atom is -0.394 e. The molecule has 1 aromatic heterocycles. The lowest BCUT2D eigenvalue weighted by Gasteiger charge is -2.21. The number of carbonyl (C=O) groups is 1. The van der Waals surface area contributed by atoms with Crippen LogP contribution in [0.4, 0.5) is 5.82 Å². The number of imidazole rings is 1. The Hall–Kier alpha value is -1.53. The second kappa shape index (κ2) is 6.30. The number of hydrogen-bond acceptors (Lipinski definition) is 8. The fourth-order valence-electron chi connectivity index (χ4n) is 1.93. The summed E-state index contributed by atoms with van der Waals surface area (Å²) in [5.74, 6) is -0.904. The van der Waals surface area contributed by atoms with Gasteiger partial charge in [-0.1, -0.05) is 0 Å². The van der Waals surface area contributed by atoms with Crippen molar-refractivity contribution in [3.63, 3.8) is 0 Å². The molecular formula is C9H15N4O8P. The molecule has 2 rings (SSSR count). The van der Waals surface area contributed by atoms with Crippen LogP contribution in [0.25, 0.3) is 0 Å². The summed E-state index contributed by atoms with van der Waals surface area (Å²) in [6, 6.07) is 0. The van der Waals surface area contributed by atoms with Crippen molar-refractivity contribution >= 4 is 19.5 Å². The van der Waals surface area contributed by atoms with Gasteiger partial charge in [-0.3, -0.25) is 9.32 Å². The van der Waals surface area contributed by atoms with Crippen molar-refractivity contribution in [3.8, 4) is 0 Å². The first-order valence-corrected chi connectivity index (χ1v) is 7.54. The van der Waals surface area contributed by atoms with E-state index in [1.165, 1.54) is 6.20 Å². The van der Waals surface area contributed by atoms with Crippen LogP contribution in [-0.2, 0) is 13.8 Å². The average Bonchev–Trinajstić information content (AvgIpc) is 2.96. The number of anilines is 1. The van der Waals surface area contributed by atoms with Gasteiger partial charge in [0.25, 0.3) is 5.91 Å². The van der Waals surface area contributed by atoms with Gasteiger partial charge in [0.2, 0.25) is 0 Å². The number of amides is 1. The van der Waals surface area contributed by atoms with E-state index >= 15 is 0 Å². The van der Waals surface area contributed by atoms with Crippen molar-refractivity contribution in [3.05, 3.63) is 12.0 Å². The zero-order valence-electron chi connectivity index (χ0n) is 11.0. The fraction of sp³-hybridized carbons (Fsp3) is 0.556. The zero-order chi connectivity index (χ0) is 16.5. The molecule has 1 amide bonds. The second-order valence-electron chi connectivity index (χ2n) is 4.48. The fourth-order valence-corrected chi connectivity index (χ4v) is 2.48. The Morgan fingerprint density at radius 3 is 2.77 bits per heavy atom. The Morgan fingerprint density at radius 2 is 2.27 bits per heavy atom. The maximum absolute atomic E-state index is 11.9. The Balaban J connectivity index is 2.12. The number of phosphoric ester groups is 1. The average molecular weight is 338 g/mol. The number of nitrogens with one attached hydrogen (secondary N) is 2. The zero-order valence-corrected chi connectivity index (χ0v) is 11.9. The topological polar surface area (TPSA) is 200 Å². The summed E-state index contributed by atoms with van der Waals surface area (Å²) in [6.45, 7) is -0.637. The summed E-state index contributed by atoms with van der Waals surface area (Å²) in [5.41, 5.74) is 5.35. The normalized spacial score (nSPS) is 28.7. The van der Waals surface area contributed by atoms with Crippen LogP contribution < -0.4 is 11.1 Å². The van der Waals surface area contributed by atoms with Gasteiger partial charge in [-0.25, -0.2) is 9.55 Å². The van der Waals surface area contributed by atoms with Gasteiger partial charge in [0.05, 0.1) is 6.61 Å². The first-order chi connectivity index (χ1) is 10.2. The monoisotopic (exact) mass is 338 g/mol. The van der Waals surface area contributed by atoms with Crippen LogP contribution in [0.3, 0.4) is 0 Å². The lowest BCUT2D eigenvalue weighted by atomic mass is 10.1. The van der Waals surface area contributed by atoms with Gasteiger partial charge in [0.15, 0.2) is 12.1 Å². The molecule has 1 fully saturated rings. The van der Waals surface area contributed by atoms with Crippen LogP contribution in [0.1, 0.15) is 10.6 Å². The van der Waals surface area contributed by atoms with E-state index in [1.54, 1.807) is 0 Å². The molecule has 0 aliphatic carbocycles. The predicted octanol–water partition coefficient (Wildman–Crippen LogP) is -2.72. The molecule has 1 unspecified atom stereocenters. The summed E-state index contributed by atoms with van der Waals surface area (Å²) < 4.78 is 20.4. The van der Waals surface area contributed by atoms with Crippen molar-refractivity contribution in [2.24, 2.45) is 0 Å². The molecule has 0 radical (unpaired) electrons. The van der Waals surface area contributed by atoms with E-state index in [9.17, 15) is 14.5 Å². The number of nitrogens with two attached hydrogens (primary N) is 1. The van der Waals surface area contributed by atoms with Crippen LogP contribution in [-0.4, -0.2) is 67.0 Å². The van der Waals surface area contributed by atoms with Gasteiger partial charge >= 0.3 is 7.82 Å². The number of rotatable bonds is 5.